The first-order chi connectivity index (χ1) is 11.8. The van der Waals surface area contributed by atoms with Crippen LogP contribution < -0.4 is 5.32 Å². The Labute approximate surface area is 165 Å². The number of aliphatic imine (C=N–C) groups is 1. The molecule has 3 heterocycles. The van der Waals surface area contributed by atoms with Gasteiger partial charge in [-0.1, -0.05) is 0 Å². The normalized spacial score (nSPS) is 21.2. The number of rotatable bonds is 4. The van der Waals surface area contributed by atoms with Crippen molar-refractivity contribution in [2.24, 2.45) is 4.99 Å². The molecule has 1 N–H and O–H groups in total. The molecule has 25 heavy (non-hydrogen) atoms. The summed E-state index contributed by atoms with van der Waals surface area (Å²) in [6, 6.07) is 3.87. The topological polar surface area (TPSA) is 70.3 Å². The summed E-state index contributed by atoms with van der Waals surface area (Å²) >= 11 is 0. The predicted octanol–water partition coefficient (Wildman–Crippen LogP) is 1.34. The van der Waals surface area contributed by atoms with Crippen LogP contribution in [0.4, 0.5) is 0 Å². The molecule has 1 aromatic rings. The van der Waals surface area contributed by atoms with Gasteiger partial charge in [-0.2, -0.15) is 0 Å². The number of furan rings is 1. The fourth-order valence-corrected chi connectivity index (χ4v) is 3.20. The first kappa shape index (κ1) is 20.0. The van der Waals surface area contributed by atoms with Crippen molar-refractivity contribution in [2.45, 2.75) is 25.4 Å². The van der Waals surface area contributed by atoms with Crippen LogP contribution in [0, 0.1) is 0 Å². The number of carbonyl (C=O) groups excluding carboxylic acids is 1. The van der Waals surface area contributed by atoms with Gasteiger partial charge in [0.15, 0.2) is 5.96 Å². The van der Waals surface area contributed by atoms with Crippen LogP contribution in [0.5, 0.6) is 0 Å². The van der Waals surface area contributed by atoms with Crippen molar-refractivity contribution in [1.29, 1.82) is 0 Å². The van der Waals surface area contributed by atoms with Gasteiger partial charge in [0.25, 0.3) is 5.91 Å². The minimum Gasteiger partial charge on any atom is -0.469 e. The Hall–Kier alpha value is -1.29. The third kappa shape index (κ3) is 5.34. The van der Waals surface area contributed by atoms with E-state index in [0.717, 1.165) is 63.7 Å². The van der Waals surface area contributed by atoms with Crippen LogP contribution in [0.2, 0.25) is 0 Å². The molecule has 1 aromatic heterocycles. The zero-order valence-electron chi connectivity index (χ0n) is 14.6. The number of nitrogens with zero attached hydrogens (tertiary/aromatic N) is 3. The molecule has 140 valence electrons. The predicted molar refractivity (Wildman–Crippen MR) is 106 cm³/mol. The van der Waals surface area contributed by atoms with Crippen molar-refractivity contribution in [3.8, 4) is 0 Å². The molecule has 0 aliphatic carbocycles. The van der Waals surface area contributed by atoms with Crippen molar-refractivity contribution in [2.75, 3.05) is 46.4 Å². The van der Waals surface area contributed by atoms with Crippen molar-refractivity contribution in [1.82, 2.24) is 15.1 Å². The van der Waals surface area contributed by atoms with Gasteiger partial charge in [0, 0.05) is 52.8 Å². The van der Waals surface area contributed by atoms with Gasteiger partial charge in [0.1, 0.15) is 11.9 Å². The summed E-state index contributed by atoms with van der Waals surface area (Å²) < 4.78 is 10.8. The van der Waals surface area contributed by atoms with Crippen LogP contribution in [0.3, 0.4) is 0 Å². The molecule has 1 atom stereocenters. The number of halogens is 1. The first-order valence-electron chi connectivity index (χ1n) is 8.66. The molecule has 2 fully saturated rings. The standard InChI is InChI=1S/C17H26N4O3.HI/c1-18-17(19-7-6-14-4-2-12-23-14)21-10-8-20(9-11-21)16(22)15-5-3-13-24-15;/h2,4,12,15H,3,5-11,13H2,1H3,(H,18,19);1H. The smallest absolute Gasteiger partial charge is 0.251 e. The highest BCUT2D eigenvalue weighted by Gasteiger charge is 2.30. The molecule has 3 rings (SSSR count). The summed E-state index contributed by atoms with van der Waals surface area (Å²) in [7, 11) is 1.79. The lowest BCUT2D eigenvalue weighted by Crippen LogP contribution is -2.55. The van der Waals surface area contributed by atoms with Crippen LogP contribution in [-0.2, 0) is 16.0 Å². The van der Waals surface area contributed by atoms with Crippen LogP contribution in [0.1, 0.15) is 18.6 Å². The van der Waals surface area contributed by atoms with Crippen LogP contribution >= 0.6 is 24.0 Å². The number of amides is 1. The zero-order chi connectivity index (χ0) is 16.8. The molecule has 0 radical (unpaired) electrons. The van der Waals surface area contributed by atoms with Gasteiger partial charge in [-0.3, -0.25) is 9.79 Å². The summed E-state index contributed by atoms with van der Waals surface area (Å²) in [6.45, 7) is 4.50. The van der Waals surface area contributed by atoms with Crippen molar-refractivity contribution >= 4 is 35.8 Å². The Bertz CT molecular complexity index is 550. The van der Waals surface area contributed by atoms with Gasteiger partial charge in [0.05, 0.1) is 6.26 Å². The molecule has 0 spiro atoms. The molecule has 0 aromatic carbocycles. The summed E-state index contributed by atoms with van der Waals surface area (Å²) in [5.41, 5.74) is 0. The maximum absolute atomic E-state index is 12.4. The van der Waals surface area contributed by atoms with Gasteiger partial charge in [-0.25, -0.2) is 0 Å². The minimum atomic E-state index is -0.220. The Kier molecular flexibility index (Phi) is 8.01. The quantitative estimate of drug-likeness (QED) is 0.416. The van der Waals surface area contributed by atoms with E-state index >= 15 is 0 Å². The molecule has 1 unspecified atom stereocenters. The van der Waals surface area contributed by atoms with Gasteiger partial charge in [0.2, 0.25) is 0 Å². The Morgan fingerprint density at radius 1 is 1.32 bits per heavy atom. The van der Waals surface area contributed by atoms with E-state index in [0.29, 0.717) is 6.61 Å². The van der Waals surface area contributed by atoms with Gasteiger partial charge in [-0.05, 0) is 25.0 Å². The highest BCUT2D eigenvalue weighted by Crippen LogP contribution is 2.16. The fraction of sp³-hybridized carbons (Fsp3) is 0.647. The highest BCUT2D eigenvalue weighted by molar-refractivity contribution is 14.0. The van der Waals surface area contributed by atoms with E-state index in [1.54, 1.807) is 13.3 Å². The Morgan fingerprint density at radius 2 is 2.08 bits per heavy atom. The molecule has 2 aliphatic heterocycles. The second-order valence-corrected chi connectivity index (χ2v) is 6.12. The third-order valence-electron chi connectivity index (χ3n) is 4.54. The molecule has 7 nitrogen and oxygen atoms in total. The van der Waals surface area contributed by atoms with E-state index in [9.17, 15) is 4.79 Å². The monoisotopic (exact) mass is 462 g/mol. The maximum Gasteiger partial charge on any atom is 0.251 e. The van der Waals surface area contributed by atoms with Gasteiger partial charge < -0.3 is 24.3 Å². The van der Waals surface area contributed by atoms with E-state index in [1.807, 2.05) is 17.0 Å². The van der Waals surface area contributed by atoms with Crippen LogP contribution in [0.15, 0.2) is 27.8 Å². The third-order valence-corrected chi connectivity index (χ3v) is 4.54. The second kappa shape index (κ2) is 10.0. The maximum atomic E-state index is 12.4. The minimum absolute atomic E-state index is 0. The molecule has 0 bridgehead atoms. The van der Waals surface area contributed by atoms with E-state index in [1.165, 1.54) is 0 Å². The number of hydrogen-bond donors (Lipinski definition) is 1. The van der Waals surface area contributed by atoms with Gasteiger partial charge in [-0.15, -0.1) is 24.0 Å². The number of piperazine rings is 1. The second-order valence-electron chi connectivity index (χ2n) is 6.12. The van der Waals surface area contributed by atoms with E-state index in [4.69, 9.17) is 9.15 Å². The van der Waals surface area contributed by atoms with E-state index < -0.39 is 0 Å². The lowest BCUT2D eigenvalue weighted by Gasteiger charge is -2.37. The van der Waals surface area contributed by atoms with Crippen LogP contribution in [0.25, 0.3) is 0 Å². The number of carbonyl (C=O) groups is 1. The van der Waals surface area contributed by atoms with Crippen molar-refractivity contribution in [3.63, 3.8) is 0 Å². The Balaban J connectivity index is 0.00000225. The largest absolute Gasteiger partial charge is 0.469 e. The number of guanidine groups is 1. The van der Waals surface area contributed by atoms with E-state index in [2.05, 4.69) is 15.2 Å². The zero-order valence-corrected chi connectivity index (χ0v) is 17.0. The van der Waals surface area contributed by atoms with E-state index in [-0.39, 0.29) is 36.0 Å². The van der Waals surface area contributed by atoms with Gasteiger partial charge >= 0.3 is 0 Å². The summed E-state index contributed by atoms with van der Waals surface area (Å²) in [4.78, 5) is 20.8. The molecule has 8 heteroatoms. The average Bonchev–Trinajstić information content (AvgIpc) is 3.32. The molecule has 2 aliphatic rings. The number of hydrogen-bond acceptors (Lipinski definition) is 4. The van der Waals surface area contributed by atoms with Crippen molar-refractivity contribution < 1.29 is 13.9 Å². The fourth-order valence-electron chi connectivity index (χ4n) is 3.20. The van der Waals surface area contributed by atoms with Crippen LogP contribution in [-0.4, -0.2) is 74.1 Å². The SMILES string of the molecule is CN=C(NCCc1ccco1)N1CCN(C(=O)C2CCCO2)CC1.I. The molecular weight excluding hydrogens is 435 g/mol. The molecule has 1 amide bonds. The highest BCUT2D eigenvalue weighted by atomic mass is 127. The average molecular weight is 462 g/mol. The molecule has 2 saturated heterocycles. The summed E-state index contributed by atoms with van der Waals surface area (Å²) in [5.74, 6) is 1.99. The molecule has 0 saturated carbocycles. The lowest BCUT2D eigenvalue weighted by atomic mass is 10.2. The number of nitrogens with one attached hydrogen (secondary N) is 1. The summed E-state index contributed by atoms with van der Waals surface area (Å²) in [6.07, 6.45) is 4.14. The molecular formula is C17H27IN4O3. The number of ether oxygens (including phenoxy) is 1. The first-order valence-corrected chi connectivity index (χ1v) is 8.66. The Morgan fingerprint density at radius 3 is 2.68 bits per heavy atom. The lowest BCUT2D eigenvalue weighted by molar-refractivity contribution is -0.142. The van der Waals surface area contributed by atoms with Crippen molar-refractivity contribution in [3.05, 3.63) is 24.2 Å². The summed E-state index contributed by atoms with van der Waals surface area (Å²) in [5, 5.41) is 3.36.